The van der Waals surface area contributed by atoms with Crippen molar-refractivity contribution < 1.29 is 13.9 Å². The minimum absolute atomic E-state index is 0.128. The molecular weight excluding hydrogens is 437 g/mol. The van der Waals surface area contributed by atoms with E-state index >= 15 is 0 Å². The molecule has 0 saturated carbocycles. The molecule has 0 amide bonds. The van der Waals surface area contributed by atoms with Gasteiger partial charge >= 0.3 is 0 Å². The second-order valence-electron chi connectivity index (χ2n) is 8.27. The Morgan fingerprint density at radius 3 is 2.79 bits per heavy atom. The number of thiocarbonyl (C=S) groups is 1. The van der Waals surface area contributed by atoms with Crippen LogP contribution in [0.15, 0.2) is 66.7 Å². The summed E-state index contributed by atoms with van der Waals surface area (Å²) in [6.07, 6.45) is 0.863. The maximum absolute atomic E-state index is 14.1. The van der Waals surface area contributed by atoms with Crippen LogP contribution in [0, 0.1) is 5.82 Å². The number of ether oxygens (including phenoxy) is 2. The van der Waals surface area contributed by atoms with E-state index in [9.17, 15) is 4.39 Å². The van der Waals surface area contributed by atoms with Gasteiger partial charge in [-0.1, -0.05) is 42.5 Å². The Labute approximate surface area is 196 Å². The quantitative estimate of drug-likeness (QED) is 0.420. The molecule has 2 N–H and O–H groups in total. The van der Waals surface area contributed by atoms with Crippen molar-refractivity contribution in [1.82, 2.24) is 15.2 Å². The highest BCUT2D eigenvalue weighted by atomic mass is 32.1. The first-order valence-corrected chi connectivity index (χ1v) is 11.4. The van der Waals surface area contributed by atoms with Gasteiger partial charge in [0.2, 0.25) is 6.79 Å². The smallest absolute Gasteiger partial charge is 0.231 e. The molecule has 0 radical (unpaired) electrons. The fourth-order valence-corrected chi connectivity index (χ4v) is 5.07. The van der Waals surface area contributed by atoms with Gasteiger partial charge in [0.15, 0.2) is 16.6 Å². The van der Waals surface area contributed by atoms with Crippen molar-refractivity contribution >= 4 is 28.2 Å². The summed E-state index contributed by atoms with van der Waals surface area (Å²) in [5.74, 6) is 1.25. The zero-order valence-corrected chi connectivity index (χ0v) is 18.6. The van der Waals surface area contributed by atoms with E-state index in [0.29, 0.717) is 17.2 Å². The average Bonchev–Trinajstić information content (AvgIpc) is 3.46. The molecule has 0 bridgehead atoms. The third kappa shape index (κ3) is 3.49. The van der Waals surface area contributed by atoms with Crippen LogP contribution >= 0.6 is 12.2 Å². The maximum atomic E-state index is 14.1. The largest absolute Gasteiger partial charge is 0.454 e. The van der Waals surface area contributed by atoms with Gasteiger partial charge in [-0.15, -0.1) is 0 Å². The normalized spacial score (nSPS) is 16.6. The zero-order valence-electron chi connectivity index (χ0n) is 17.8. The maximum Gasteiger partial charge on any atom is 0.231 e. The number of hydrogen-bond donors (Lipinski definition) is 2. The van der Waals surface area contributed by atoms with Crippen molar-refractivity contribution in [2.75, 3.05) is 13.3 Å². The van der Waals surface area contributed by atoms with Crippen LogP contribution in [0.3, 0.4) is 0 Å². The Hall–Kier alpha value is -3.58. The zero-order chi connectivity index (χ0) is 22.4. The number of aromatic amines is 1. The van der Waals surface area contributed by atoms with E-state index in [1.165, 1.54) is 17.0 Å². The summed E-state index contributed by atoms with van der Waals surface area (Å²) in [5, 5.41) is 5.10. The molecule has 1 atom stereocenters. The van der Waals surface area contributed by atoms with Crippen molar-refractivity contribution in [2.24, 2.45) is 0 Å². The van der Waals surface area contributed by atoms with Crippen molar-refractivity contribution in [3.8, 4) is 11.5 Å². The molecule has 3 aromatic carbocycles. The molecule has 0 unspecified atom stereocenters. The van der Waals surface area contributed by atoms with Crippen LogP contribution in [0.1, 0.15) is 28.4 Å². The van der Waals surface area contributed by atoms with Gasteiger partial charge in [0.25, 0.3) is 0 Å². The summed E-state index contributed by atoms with van der Waals surface area (Å²) in [4.78, 5) is 5.81. The second kappa shape index (κ2) is 8.08. The highest BCUT2D eigenvalue weighted by Crippen LogP contribution is 2.42. The monoisotopic (exact) mass is 459 g/mol. The van der Waals surface area contributed by atoms with Gasteiger partial charge in [-0.2, -0.15) is 0 Å². The molecule has 0 fully saturated rings. The minimum atomic E-state index is -0.239. The topological polar surface area (TPSA) is 49.5 Å². The molecule has 166 valence electrons. The van der Waals surface area contributed by atoms with Crippen molar-refractivity contribution in [3.05, 3.63) is 94.9 Å². The summed E-state index contributed by atoms with van der Waals surface area (Å²) >= 11 is 5.83. The summed E-state index contributed by atoms with van der Waals surface area (Å²) in [6, 6.07) is 21.0. The Kier molecular flexibility index (Phi) is 4.91. The lowest BCUT2D eigenvalue weighted by molar-refractivity contribution is 0.174. The SMILES string of the molecule is Fc1ccccc1CNC(=S)N1CCc2c([nH]c3ccccc23)[C@H]1c1ccc2c(c1)OCO2. The van der Waals surface area contributed by atoms with Crippen LogP contribution < -0.4 is 14.8 Å². The highest BCUT2D eigenvalue weighted by Gasteiger charge is 2.34. The molecule has 7 heteroatoms. The predicted octanol–water partition coefficient (Wildman–Crippen LogP) is 5.06. The number of hydrogen-bond acceptors (Lipinski definition) is 3. The lowest BCUT2D eigenvalue weighted by Crippen LogP contribution is -2.45. The number of benzene rings is 3. The first-order valence-electron chi connectivity index (χ1n) is 11.0. The third-order valence-corrected chi connectivity index (χ3v) is 6.77. The number of H-pyrrole nitrogens is 1. The molecule has 33 heavy (non-hydrogen) atoms. The van der Waals surface area contributed by atoms with Crippen molar-refractivity contribution in [3.63, 3.8) is 0 Å². The number of nitrogens with zero attached hydrogens (tertiary/aromatic N) is 1. The van der Waals surface area contributed by atoms with Crippen LogP contribution in [-0.2, 0) is 13.0 Å². The van der Waals surface area contributed by atoms with Crippen molar-refractivity contribution in [2.45, 2.75) is 19.0 Å². The minimum Gasteiger partial charge on any atom is -0.454 e. The van der Waals surface area contributed by atoms with Gasteiger partial charge < -0.3 is 24.7 Å². The first kappa shape index (κ1) is 20.1. The molecule has 3 heterocycles. The van der Waals surface area contributed by atoms with Crippen molar-refractivity contribution in [1.29, 1.82) is 0 Å². The molecule has 5 nitrogen and oxygen atoms in total. The highest BCUT2D eigenvalue weighted by molar-refractivity contribution is 7.80. The Balaban J connectivity index is 1.38. The molecule has 0 aliphatic carbocycles. The van der Waals surface area contributed by atoms with E-state index in [1.54, 1.807) is 12.1 Å². The number of fused-ring (bicyclic) bond motifs is 4. The van der Waals surface area contributed by atoms with E-state index in [-0.39, 0.29) is 18.7 Å². The first-order chi connectivity index (χ1) is 16.2. The summed E-state index contributed by atoms with van der Waals surface area (Å²) in [6.45, 7) is 1.31. The van der Waals surface area contributed by atoms with Crippen LogP contribution in [0.2, 0.25) is 0 Å². The number of nitrogens with one attached hydrogen (secondary N) is 2. The van der Waals surface area contributed by atoms with Gasteiger partial charge in [-0.05, 0) is 54.0 Å². The number of para-hydroxylation sites is 1. The van der Waals surface area contributed by atoms with E-state index < -0.39 is 0 Å². The van der Waals surface area contributed by atoms with Crippen LogP contribution in [0.25, 0.3) is 10.9 Å². The van der Waals surface area contributed by atoms with Crippen LogP contribution in [0.5, 0.6) is 11.5 Å². The summed E-state index contributed by atoms with van der Waals surface area (Å²) < 4.78 is 25.3. The summed E-state index contributed by atoms with van der Waals surface area (Å²) in [7, 11) is 0. The van der Waals surface area contributed by atoms with E-state index in [4.69, 9.17) is 21.7 Å². The molecule has 6 rings (SSSR count). The van der Waals surface area contributed by atoms with Gasteiger partial charge in [0.05, 0.1) is 6.04 Å². The lowest BCUT2D eigenvalue weighted by Gasteiger charge is -2.38. The van der Waals surface area contributed by atoms with Gasteiger partial charge in [-0.25, -0.2) is 4.39 Å². The standard InChI is InChI=1S/C26H22FN3O2S/c27-20-7-3-1-5-17(20)14-28-26(33)30-12-11-19-18-6-2-4-8-21(18)29-24(19)25(30)16-9-10-22-23(13-16)32-15-31-22/h1-10,13,25,29H,11-12,14-15H2,(H,28,33)/t25-/m1/s1. The Morgan fingerprint density at radius 2 is 1.88 bits per heavy atom. The fourth-order valence-electron chi connectivity index (χ4n) is 4.80. The fraction of sp³-hybridized carbons (Fsp3) is 0.192. The van der Waals surface area contributed by atoms with Crippen LogP contribution in [0.4, 0.5) is 4.39 Å². The molecule has 2 aliphatic rings. The van der Waals surface area contributed by atoms with E-state index in [2.05, 4.69) is 39.5 Å². The summed E-state index contributed by atoms with van der Waals surface area (Å²) in [5.41, 5.74) is 5.18. The lowest BCUT2D eigenvalue weighted by atomic mass is 9.92. The molecule has 0 saturated heterocycles. The molecule has 1 aromatic heterocycles. The number of rotatable bonds is 3. The number of aromatic nitrogens is 1. The molecule has 2 aliphatic heterocycles. The number of halogens is 1. The van der Waals surface area contributed by atoms with Crippen LogP contribution in [-0.4, -0.2) is 28.3 Å². The van der Waals surface area contributed by atoms with Gasteiger partial charge in [0, 0.05) is 35.2 Å². The van der Waals surface area contributed by atoms with E-state index in [1.807, 2.05) is 24.3 Å². The van der Waals surface area contributed by atoms with Gasteiger partial charge in [-0.3, -0.25) is 0 Å². The predicted molar refractivity (Wildman–Crippen MR) is 129 cm³/mol. The molecule has 0 spiro atoms. The second-order valence-corrected chi connectivity index (χ2v) is 8.66. The van der Waals surface area contributed by atoms with E-state index in [0.717, 1.165) is 41.2 Å². The average molecular weight is 460 g/mol. The van der Waals surface area contributed by atoms with Gasteiger partial charge in [0.1, 0.15) is 5.82 Å². The third-order valence-electron chi connectivity index (χ3n) is 6.40. The molecule has 4 aromatic rings. The Bertz CT molecular complexity index is 1370. The Morgan fingerprint density at radius 1 is 1.06 bits per heavy atom. The molecular formula is C26H22FN3O2S.